The highest BCUT2D eigenvalue weighted by Gasteiger charge is 2.02. The fourth-order valence-corrected chi connectivity index (χ4v) is 1.77. The van der Waals surface area contributed by atoms with Crippen LogP contribution in [0.2, 0.25) is 0 Å². The molecule has 0 spiro atoms. The Hall–Kier alpha value is -2.82. The minimum atomic E-state index is -0.438. The molecule has 0 aliphatic heterocycles. The second-order valence-electron chi connectivity index (χ2n) is 4.41. The van der Waals surface area contributed by atoms with Crippen molar-refractivity contribution in [3.63, 3.8) is 0 Å². The molecule has 0 bridgehead atoms. The van der Waals surface area contributed by atoms with Crippen LogP contribution in [0.4, 0.5) is 0 Å². The maximum Gasteiger partial charge on any atom is 0.331 e. The van der Waals surface area contributed by atoms with E-state index >= 15 is 0 Å². The second-order valence-corrected chi connectivity index (χ2v) is 4.41. The number of ether oxygens (including phenoxy) is 3. The first kappa shape index (κ1) is 15.6. The van der Waals surface area contributed by atoms with Gasteiger partial charge in [0.1, 0.15) is 18.1 Å². The maximum atomic E-state index is 11.7. The molecule has 0 saturated heterocycles. The van der Waals surface area contributed by atoms with Crippen molar-refractivity contribution in [1.29, 1.82) is 0 Å². The van der Waals surface area contributed by atoms with E-state index in [0.29, 0.717) is 17.2 Å². The van der Waals surface area contributed by atoms with Crippen LogP contribution < -0.4 is 9.47 Å². The molecule has 1 heterocycles. The zero-order valence-electron chi connectivity index (χ0n) is 12.5. The van der Waals surface area contributed by atoms with Crippen molar-refractivity contribution in [3.8, 4) is 11.5 Å². The normalized spacial score (nSPS) is 10.5. The van der Waals surface area contributed by atoms with Gasteiger partial charge in [-0.1, -0.05) is 6.07 Å². The number of nitrogens with zero attached hydrogens (tertiary/aromatic N) is 1. The van der Waals surface area contributed by atoms with E-state index in [9.17, 15) is 4.79 Å². The van der Waals surface area contributed by atoms with Gasteiger partial charge < -0.3 is 14.2 Å². The van der Waals surface area contributed by atoms with Crippen molar-refractivity contribution in [2.45, 2.75) is 6.61 Å². The highest BCUT2D eigenvalue weighted by molar-refractivity contribution is 5.87. The standard InChI is InChI=1S/C17H17NO4/c1-20-15-9-13(10-16(11-15)21-2)6-7-17(19)22-12-14-5-3-4-8-18-14/h3-11H,12H2,1-2H3/b7-6+. The number of methoxy groups -OCH3 is 2. The van der Waals surface area contributed by atoms with Gasteiger partial charge >= 0.3 is 5.97 Å². The van der Waals surface area contributed by atoms with Gasteiger partial charge in [-0.2, -0.15) is 0 Å². The molecule has 1 aromatic carbocycles. The first-order chi connectivity index (χ1) is 10.7. The molecule has 0 amide bonds. The Morgan fingerprint density at radius 2 is 1.86 bits per heavy atom. The molecule has 1 aromatic heterocycles. The molecule has 0 unspecified atom stereocenters. The van der Waals surface area contributed by atoms with Crippen LogP contribution in [0.3, 0.4) is 0 Å². The summed E-state index contributed by atoms with van der Waals surface area (Å²) in [5, 5.41) is 0. The van der Waals surface area contributed by atoms with Crippen LogP contribution in [-0.4, -0.2) is 25.2 Å². The Balaban J connectivity index is 1.97. The van der Waals surface area contributed by atoms with Crippen LogP contribution in [0.5, 0.6) is 11.5 Å². The van der Waals surface area contributed by atoms with E-state index in [-0.39, 0.29) is 6.61 Å². The van der Waals surface area contributed by atoms with E-state index in [1.54, 1.807) is 56.8 Å². The number of carbonyl (C=O) groups excluding carboxylic acids is 1. The molecule has 0 aliphatic rings. The van der Waals surface area contributed by atoms with Crippen molar-refractivity contribution in [3.05, 3.63) is 59.9 Å². The van der Waals surface area contributed by atoms with Gasteiger partial charge in [0.05, 0.1) is 19.9 Å². The van der Waals surface area contributed by atoms with E-state index in [2.05, 4.69) is 4.98 Å². The van der Waals surface area contributed by atoms with Gasteiger partial charge in [0.15, 0.2) is 0 Å². The van der Waals surface area contributed by atoms with Gasteiger partial charge in [-0.3, -0.25) is 4.98 Å². The molecule has 2 rings (SSSR count). The molecule has 2 aromatic rings. The summed E-state index contributed by atoms with van der Waals surface area (Å²) < 4.78 is 15.5. The van der Waals surface area contributed by atoms with Crippen molar-refractivity contribution in [1.82, 2.24) is 4.98 Å². The number of pyridine rings is 1. The van der Waals surface area contributed by atoms with Crippen LogP contribution in [0.25, 0.3) is 6.08 Å². The molecule has 0 atom stereocenters. The minimum absolute atomic E-state index is 0.144. The highest BCUT2D eigenvalue weighted by atomic mass is 16.5. The average Bonchev–Trinajstić information content (AvgIpc) is 2.58. The summed E-state index contributed by atoms with van der Waals surface area (Å²) in [5.74, 6) is 0.870. The molecule has 0 saturated carbocycles. The van der Waals surface area contributed by atoms with Crippen molar-refractivity contribution >= 4 is 12.0 Å². The van der Waals surface area contributed by atoms with E-state index in [1.165, 1.54) is 6.08 Å². The Kier molecular flexibility index (Phi) is 5.54. The van der Waals surface area contributed by atoms with Gasteiger partial charge in [-0.25, -0.2) is 4.79 Å². The lowest BCUT2D eigenvalue weighted by Gasteiger charge is -2.05. The molecular formula is C17H17NO4. The lowest BCUT2D eigenvalue weighted by molar-refractivity contribution is -0.139. The van der Waals surface area contributed by atoms with Crippen molar-refractivity contribution < 1.29 is 19.0 Å². The number of hydrogen-bond acceptors (Lipinski definition) is 5. The number of rotatable bonds is 6. The van der Waals surface area contributed by atoms with Gasteiger partial charge in [0.25, 0.3) is 0 Å². The van der Waals surface area contributed by atoms with Gasteiger partial charge in [0.2, 0.25) is 0 Å². The van der Waals surface area contributed by atoms with Crippen LogP contribution in [0.15, 0.2) is 48.7 Å². The first-order valence-corrected chi connectivity index (χ1v) is 6.69. The minimum Gasteiger partial charge on any atom is -0.497 e. The first-order valence-electron chi connectivity index (χ1n) is 6.69. The maximum absolute atomic E-state index is 11.7. The monoisotopic (exact) mass is 299 g/mol. The van der Waals surface area contributed by atoms with Gasteiger partial charge in [-0.05, 0) is 35.9 Å². The molecule has 5 heteroatoms. The highest BCUT2D eigenvalue weighted by Crippen LogP contribution is 2.23. The predicted octanol–water partition coefficient (Wildman–Crippen LogP) is 2.86. The molecule has 114 valence electrons. The smallest absolute Gasteiger partial charge is 0.331 e. The second kappa shape index (κ2) is 7.83. The van der Waals surface area contributed by atoms with Crippen LogP contribution in [0.1, 0.15) is 11.3 Å². The Morgan fingerprint density at radius 3 is 2.45 bits per heavy atom. The topological polar surface area (TPSA) is 57.7 Å². The quantitative estimate of drug-likeness (QED) is 0.606. The summed E-state index contributed by atoms with van der Waals surface area (Å²) >= 11 is 0. The number of esters is 1. The van der Waals surface area contributed by atoms with Gasteiger partial charge in [-0.15, -0.1) is 0 Å². The summed E-state index contributed by atoms with van der Waals surface area (Å²) in [6.07, 6.45) is 4.66. The largest absolute Gasteiger partial charge is 0.497 e. The number of hydrogen-bond donors (Lipinski definition) is 0. The Bertz CT molecular complexity index is 631. The number of benzene rings is 1. The Morgan fingerprint density at radius 1 is 1.14 bits per heavy atom. The number of aromatic nitrogens is 1. The van der Waals surface area contributed by atoms with E-state index in [1.807, 2.05) is 6.07 Å². The summed E-state index contributed by atoms with van der Waals surface area (Å²) in [6.45, 7) is 0.144. The fraction of sp³-hybridized carbons (Fsp3) is 0.176. The number of carbonyl (C=O) groups is 1. The van der Waals surface area contributed by atoms with Crippen LogP contribution in [0, 0.1) is 0 Å². The molecule has 0 radical (unpaired) electrons. The molecule has 5 nitrogen and oxygen atoms in total. The fourth-order valence-electron chi connectivity index (χ4n) is 1.77. The van der Waals surface area contributed by atoms with Crippen LogP contribution in [-0.2, 0) is 16.1 Å². The third-order valence-corrected chi connectivity index (χ3v) is 2.87. The van der Waals surface area contributed by atoms with Crippen molar-refractivity contribution in [2.75, 3.05) is 14.2 Å². The summed E-state index contributed by atoms with van der Waals surface area (Å²) in [7, 11) is 3.15. The summed E-state index contributed by atoms with van der Waals surface area (Å²) in [6, 6.07) is 10.8. The molecular weight excluding hydrogens is 282 g/mol. The van der Waals surface area contributed by atoms with E-state index in [4.69, 9.17) is 14.2 Å². The predicted molar refractivity (Wildman–Crippen MR) is 82.6 cm³/mol. The van der Waals surface area contributed by atoms with Gasteiger partial charge in [0, 0.05) is 18.3 Å². The molecule has 0 N–H and O–H groups in total. The summed E-state index contributed by atoms with van der Waals surface area (Å²) in [4.78, 5) is 15.8. The average molecular weight is 299 g/mol. The molecule has 0 fully saturated rings. The molecule has 0 aliphatic carbocycles. The zero-order valence-corrected chi connectivity index (χ0v) is 12.5. The van der Waals surface area contributed by atoms with Crippen molar-refractivity contribution in [2.24, 2.45) is 0 Å². The van der Waals surface area contributed by atoms with E-state index < -0.39 is 5.97 Å². The third kappa shape index (κ3) is 4.63. The lowest BCUT2D eigenvalue weighted by Crippen LogP contribution is -2.01. The molecule has 22 heavy (non-hydrogen) atoms. The lowest BCUT2D eigenvalue weighted by atomic mass is 10.2. The van der Waals surface area contributed by atoms with Crippen LogP contribution >= 0.6 is 0 Å². The Labute approximate surface area is 129 Å². The summed E-state index contributed by atoms with van der Waals surface area (Å²) in [5.41, 5.74) is 1.48. The van der Waals surface area contributed by atoms with E-state index in [0.717, 1.165) is 5.56 Å². The zero-order chi connectivity index (χ0) is 15.8. The SMILES string of the molecule is COc1cc(/C=C/C(=O)OCc2ccccn2)cc(OC)c1. The third-order valence-electron chi connectivity index (χ3n) is 2.87.